The van der Waals surface area contributed by atoms with E-state index in [2.05, 4.69) is 20.8 Å². The standard InChI is InChI=1S/C25H26N4O3/c1-16-8-9-21(12-19(16)4)27-28-22-10-11-23(30)20(13-22)14-26-29-24(31)15-32-25-17(2)6-5-7-18(25)3/h5-14,30H,15H2,1-4H3,(H,29,31)/b26-14-,28-27?. The monoisotopic (exact) mass is 430 g/mol. The number of nitrogens with one attached hydrogen (secondary N) is 1. The van der Waals surface area contributed by atoms with E-state index in [1.807, 2.05) is 64.1 Å². The minimum atomic E-state index is -0.408. The predicted octanol–water partition coefficient (Wildman–Crippen LogP) is 5.57. The molecule has 0 heterocycles. The van der Waals surface area contributed by atoms with Gasteiger partial charge in [0.1, 0.15) is 11.5 Å². The molecule has 3 rings (SSSR count). The van der Waals surface area contributed by atoms with Gasteiger partial charge in [0.15, 0.2) is 6.61 Å². The van der Waals surface area contributed by atoms with Gasteiger partial charge in [-0.2, -0.15) is 15.3 Å². The Hall–Kier alpha value is -4.00. The molecule has 0 bridgehead atoms. The van der Waals surface area contributed by atoms with E-state index in [1.54, 1.807) is 12.1 Å². The van der Waals surface area contributed by atoms with Crippen LogP contribution in [0.2, 0.25) is 0 Å². The van der Waals surface area contributed by atoms with E-state index in [-0.39, 0.29) is 12.4 Å². The number of hydrogen-bond donors (Lipinski definition) is 2. The molecule has 0 spiro atoms. The molecule has 0 unspecified atom stereocenters. The van der Waals surface area contributed by atoms with Crippen molar-refractivity contribution >= 4 is 23.5 Å². The van der Waals surface area contributed by atoms with Crippen LogP contribution in [0.25, 0.3) is 0 Å². The first-order chi connectivity index (χ1) is 15.3. The molecule has 0 radical (unpaired) electrons. The summed E-state index contributed by atoms with van der Waals surface area (Å²) in [4.78, 5) is 12.0. The maximum absolute atomic E-state index is 12.0. The molecule has 7 heteroatoms. The van der Waals surface area contributed by atoms with Crippen molar-refractivity contribution in [3.63, 3.8) is 0 Å². The van der Waals surface area contributed by atoms with Gasteiger partial charge in [0.2, 0.25) is 0 Å². The number of phenolic OH excluding ortho intramolecular Hbond substituents is 1. The number of hydrogen-bond acceptors (Lipinski definition) is 6. The summed E-state index contributed by atoms with van der Waals surface area (Å²) >= 11 is 0. The van der Waals surface area contributed by atoms with Gasteiger partial charge in [-0.3, -0.25) is 4.79 Å². The Kier molecular flexibility index (Phi) is 7.33. The Bertz CT molecular complexity index is 1170. The van der Waals surface area contributed by atoms with E-state index < -0.39 is 5.91 Å². The van der Waals surface area contributed by atoms with Gasteiger partial charge in [-0.15, -0.1) is 0 Å². The summed E-state index contributed by atoms with van der Waals surface area (Å²) in [5.74, 6) is 0.292. The molecule has 0 aliphatic rings. The Balaban J connectivity index is 1.61. The van der Waals surface area contributed by atoms with E-state index in [1.165, 1.54) is 17.8 Å². The number of azo groups is 1. The van der Waals surface area contributed by atoms with Gasteiger partial charge in [0.25, 0.3) is 5.91 Å². The van der Waals surface area contributed by atoms with Gasteiger partial charge >= 0.3 is 0 Å². The van der Waals surface area contributed by atoms with Crippen LogP contribution in [-0.2, 0) is 4.79 Å². The topological polar surface area (TPSA) is 95.6 Å². The van der Waals surface area contributed by atoms with Crippen molar-refractivity contribution in [2.24, 2.45) is 15.3 Å². The molecule has 32 heavy (non-hydrogen) atoms. The predicted molar refractivity (Wildman–Crippen MR) is 125 cm³/mol. The number of para-hydroxylation sites is 1. The zero-order valence-corrected chi connectivity index (χ0v) is 18.6. The quantitative estimate of drug-likeness (QED) is 0.291. The third kappa shape index (κ3) is 6.01. The number of carbonyl (C=O) groups excluding carboxylic acids is 1. The number of aromatic hydroxyl groups is 1. The summed E-state index contributed by atoms with van der Waals surface area (Å²) in [5, 5.41) is 22.4. The Morgan fingerprint density at radius 3 is 2.25 bits per heavy atom. The number of amides is 1. The lowest BCUT2D eigenvalue weighted by atomic mass is 10.1. The second-order valence-corrected chi connectivity index (χ2v) is 7.51. The first-order valence-corrected chi connectivity index (χ1v) is 10.2. The van der Waals surface area contributed by atoms with Gasteiger partial charge < -0.3 is 9.84 Å². The van der Waals surface area contributed by atoms with Crippen LogP contribution in [0.4, 0.5) is 11.4 Å². The Morgan fingerprint density at radius 1 is 0.906 bits per heavy atom. The fraction of sp³-hybridized carbons (Fsp3) is 0.200. The fourth-order valence-corrected chi connectivity index (χ4v) is 2.98. The maximum atomic E-state index is 12.0. The van der Waals surface area contributed by atoms with Gasteiger partial charge in [-0.05, 0) is 80.3 Å². The molecule has 1 amide bonds. The molecule has 3 aromatic rings. The molecule has 7 nitrogen and oxygen atoms in total. The van der Waals surface area contributed by atoms with Crippen LogP contribution in [0.1, 0.15) is 27.8 Å². The highest BCUT2D eigenvalue weighted by Gasteiger charge is 2.07. The number of ether oxygens (including phenoxy) is 1. The summed E-state index contributed by atoms with van der Waals surface area (Å²) in [6.45, 7) is 7.73. The minimum Gasteiger partial charge on any atom is -0.507 e. The summed E-state index contributed by atoms with van der Waals surface area (Å²) in [6.07, 6.45) is 1.35. The largest absolute Gasteiger partial charge is 0.507 e. The lowest BCUT2D eigenvalue weighted by molar-refractivity contribution is -0.123. The van der Waals surface area contributed by atoms with Crippen molar-refractivity contribution in [1.82, 2.24) is 5.43 Å². The van der Waals surface area contributed by atoms with Crippen LogP contribution in [0.5, 0.6) is 11.5 Å². The number of aryl methyl sites for hydroxylation is 4. The number of benzene rings is 3. The third-order valence-corrected chi connectivity index (χ3v) is 4.93. The second-order valence-electron chi connectivity index (χ2n) is 7.51. The average Bonchev–Trinajstić information content (AvgIpc) is 2.76. The van der Waals surface area contributed by atoms with Crippen LogP contribution in [0, 0.1) is 27.7 Å². The van der Waals surface area contributed by atoms with E-state index in [9.17, 15) is 9.90 Å². The molecule has 0 aliphatic carbocycles. The smallest absolute Gasteiger partial charge is 0.277 e. The second kappa shape index (κ2) is 10.3. The lowest BCUT2D eigenvalue weighted by Crippen LogP contribution is -2.25. The summed E-state index contributed by atoms with van der Waals surface area (Å²) < 4.78 is 5.60. The van der Waals surface area contributed by atoms with Crippen molar-refractivity contribution in [1.29, 1.82) is 0 Å². The van der Waals surface area contributed by atoms with Crippen molar-refractivity contribution in [2.45, 2.75) is 27.7 Å². The molecule has 0 fully saturated rings. The van der Waals surface area contributed by atoms with Crippen LogP contribution < -0.4 is 10.2 Å². The number of carbonyl (C=O) groups is 1. The zero-order valence-electron chi connectivity index (χ0n) is 18.6. The highest BCUT2D eigenvalue weighted by molar-refractivity contribution is 5.86. The van der Waals surface area contributed by atoms with Crippen molar-refractivity contribution < 1.29 is 14.6 Å². The SMILES string of the molecule is Cc1ccc(N=Nc2ccc(O)c(/C=N\NC(=O)COc3c(C)cccc3C)c2)cc1C. The van der Waals surface area contributed by atoms with Gasteiger partial charge in [0.05, 0.1) is 17.6 Å². The number of hydrazone groups is 1. The third-order valence-electron chi connectivity index (χ3n) is 4.93. The highest BCUT2D eigenvalue weighted by atomic mass is 16.5. The van der Waals surface area contributed by atoms with E-state index >= 15 is 0 Å². The van der Waals surface area contributed by atoms with E-state index in [4.69, 9.17) is 4.74 Å². The Morgan fingerprint density at radius 2 is 1.56 bits per heavy atom. The van der Waals surface area contributed by atoms with Gasteiger partial charge in [0, 0.05) is 5.56 Å². The van der Waals surface area contributed by atoms with Crippen LogP contribution in [0.3, 0.4) is 0 Å². The normalized spacial score (nSPS) is 11.2. The van der Waals surface area contributed by atoms with Crippen molar-refractivity contribution in [3.05, 3.63) is 82.4 Å². The number of nitrogens with zero attached hydrogens (tertiary/aromatic N) is 3. The van der Waals surface area contributed by atoms with Crippen LogP contribution in [-0.4, -0.2) is 23.8 Å². The molecule has 0 atom stereocenters. The van der Waals surface area contributed by atoms with Crippen LogP contribution >= 0.6 is 0 Å². The first-order valence-electron chi connectivity index (χ1n) is 10.2. The molecular formula is C25H26N4O3. The van der Waals surface area contributed by atoms with E-state index in [0.717, 1.165) is 22.4 Å². The van der Waals surface area contributed by atoms with Gasteiger partial charge in [-0.25, -0.2) is 5.43 Å². The Labute approximate surface area is 187 Å². The summed E-state index contributed by atoms with van der Waals surface area (Å²) in [5.41, 5.74) is 8.33. The molecule has 164 valence electrons. The molecule has 0 aromatic heterocycles. The van der Waals surface area contributed by atoms with Crippen molar-refractivity contribution in [2.75, 3.05) is 6.61 Å². The zero-order chi connectivity index (χ0) is 23.1. The molecule has 0 saturated heterocycles. The van der Waals surface area contributed by atoms with Gasteiger partial charge in [-0.1, -0.05) is 24.3 Å². The molecule has 3 aromatic carbocycles. The molecular weight excluding hydrogens is 404 g/mol. The summed E-state index contributed by atoms with van der Waals surface area (Å²) in [6, 6.07) is 16.4. The lowest BCUT2D eigenvalue weighted by Gasteiger charge is -2.10. The summed E-state index contributed by atoms with van der Waals surface area (Å²) in [7, 11) is 0. The maximum Gasteiger partial charge on any atom is 0.277 e. The molecule has 2 N–H and O–H groups in total. The minimum absolute atomic E-state index is 0.0138. The average molecular weight is 431 g/mol. The van der Waals surface area contributed by atoms with E-state index in [0.29, 0.717) is 17.0 Å². The molecule has 0 aliphatic heterocycles. The highest BCUT2D eigenvalue weighted by Crippen LogP contribution is 2.25. The number of phenols is 1. The van der Waals surface area contributed by atoms with Crippen molar-refractivity contribution in [3.8, 4) is 11.5 Å². The fourth-order valence-electron chi connectivity index (χ4n) is 2.98. The molecule has 0 saturated carbocycles. The first kappa shape index (κ1) is 22.7. The van der Waals surface area contributed by atoms with Crippen LogP contribution in [0.15, 0.2) is 69.9 Å². The number of rotatable bonds is 7.